The third-order valence-electron chi connectivity index (χ3n) is 2.99. The van der Waals surface area contributed by atoms with Gasteiger partial charge in [-0.2, -0.15) is 11.8 Å². The van der Waals surface area contributed by atoms with Crippen LogP contribution in [0, 0.1) is 0 Å². The number of anilines is 2. The fourth-order valence-corrected chi connectivity index (χ4v) is 3.96. The molecule has 0 amide bonds. The smallest absolute Gasteiger partial charge is 0.229 e. The topological polar surface area (TPSA) is 58.2 Å². The van der Waals surface area contributed by atoms with E-state index in [0.717, 1.165) is 24.1 Å². The Hall–Kier alpha value is -0.590. The van der Waals surface area contributed by atoms with Crippen molar-refractivity contribution in [2.45, 2.75) is 24.6 Å². The van der Waals surface area contributed by atoms with Crippen molar-refractivity contribution >= 4 is 44.8 Å². The highest BCUT2D eigenvalue weighted by Crippen LogP contribution is 2.32. The number of sulfonamides is 1. The molecular formula is C12H17ClN2O2S2. The monoisotopic (exact) mass is 320 g/mol. The van der Waals surface area contributed by atoms with E-state index in [1.54, 1.807) is 18.2 Å². The van der Waals surface area contributed by atoms with Crippen LogP contribution < -0.4 is 10.0 Å². The number of rotatable bonds is 4. The van der Waals surface area contributed by atoms with Crippen LogP contribution in [-0.4, -0.2) is 31.7 Å². The maximum absolute atomic E-state index is 11.2. The molecule has 0 saturated carbocycles. The second-order valence-electron chi connectivity index (χ2n) is 4.68. The molecule has 19 heavy (non-hydrogen) atoms. The number of nitrogens with one attached hydrogen (secondary N) is 2. The first-order valence-electron chi connectivity index (χ1n) is 6.00. The normalized spacial score (nSPS) is 23.3. The molecule has 0 bridgehead atoms. The first-order valence-corrected chi connectivity index (χ1v) is 9.32. The highest BCUT2D eigenvalue weighted by Gasteiger charge is 2.24. The Morgan fingerprint density at radius 1 is 1.42 bits per heavy atom. The van der Waals surface area contributed by atoms with Crippen molar-refractivity contribution < 1.29 is 8.42 Å². The van der Waals surface area contributed by atoms with Crippen molar-refractivity contribution in [2.75, 3.05) is 22.0 Å². The zero-order valence-corrected chi connectivity index (χ0v) is 13.2. The SMILES string of the molecule is CC1SCCC1Nc1cc(NS(C)(=O)=O)ccc1Cl. The Kier molecular flexibility index (Phi) is 4.53. The minimum atomic E-state index is -3.27. The molecule has 1 aromatic rings. The molecule has 2 N–H and O–H groups in total. The molecule has 1 heterocycles. The van der Waals surface area contributed by atoms with Gasteiger partial charge < -0.3 is 5.32 Å². The van der Waals surface area contributed by atoms with E-state index in [-0.39, 0.29) is 0 Å². The summed E-state index contributed by atoms with van der Waals surface area (Å²) in [4.78, 5) is 0. The predicted molar refractivity (Wildman–Crippen MR) is 83.9 cm³/mol. The maximum Gasteiger partial charge on any atom is 0.229 e. The standard InChI is InChI=1S/C12H17ClN2O2S2/c1-8-11(5-6-18-8)14-12-7-9(3-4-10(12)13)15-19(2,16)17/h3-4,7-8,11,14-15H,5-6H2,1-2H3. The summed E-state index contributed by atoms with van der Waals surface area (Å²) < 4.78 is 24.9. The molecule has 2 atom stereocenters. The zero-order chi connectivity index (χ0) is 14.0. The molecule has 0 radical (unpaired) electrons. The van der Waals surface area contributed by atoms with Gasteiger partial charge in [-0.15, -0.1) is 0 Å². The summed E-state index contributed by atoms with van der Waals surface area (Å²) >= 11 is 8.07. The molecule has 2 rings (SSSR count). The first kappa shape index (κ1) is 14.8. The molecule has 0 aromatic heterocycles. The maximum atomic E-state index is 11.2. The lowest BCUT2D eigenvalue weighted by Crippen LogP contribution is -2.24. The number of hydrogen-bond acceptors (Lipinski definition) is 4. The van der Waals surface area contributed by atoms with Crippen LogP contribution in [0.2, 0.25) is 5.02 Å². The van der Waals surface area contributed by atoms with Gasteiger partial charge in [-0.05, 0) is 30.4 Å². The fourth-order valence-electron chi connectivity index (χ4n) is 2.03. The van der Waals surface area contributed by atoms with Crippen molar-refractivity contribution in [3.63, 3.8) is 0 Å². The van der Waals surface area contributed by atoms with Crippen molar-refractivity contribution in [1.82, 2.24) is 0 Å². The van der Waals surface area contributed by atoms with Gasteiger partial charge in [-0.25, -0.2) is 8.42 Å². The van der Waals surface area contributed by atoms with E-state index < -0.39 is 10.0 Å². The average molecular weight is 321 g/mol. The molecule has 106 valence electrons. The number of hydrogen-bond donors (Lipinski definition) is 2. The molecule has 7 heteroatoms. The predicted octanol–water partition coefficient (Wildman–Crippen LogP) is 3.02. The van der Waals surface area contributed by atoms with E-state index in [1.165, 1.54) is 0 Å². The van der Waals surface area contributed by atoms with E-state index in [1.807, 2.05) is 11.8 Å². The van der Waals surface area contributed by atoms with Crippen LogP contribution in [0.3, 0.4) is 0 Å². The summed E-state index contributed by atoms with van der Waals surface area (Å²) in [5.74, 6) is 1.14. The highest BCUT2D eigenvalue weighted by atomic mass is 35.5. The summed E-state index contributed by atoms with van der Waals surface area (Å²) in [7, 11) is -3.27. The van der Waals surface area contributed by atoms with Crippen molar-refractivity contribution in [2.24, 2.45) is 0 Å². The number of thioether (sulfide) groups is 1. The summed E-state index contributed by atoms with van der Waals surface area (Å²) in [6, 6.07) is 5.46. The zero-order valence-electron chi connectivity index (χ0n) is 10.8. The number of halogens is 1. The van der Waals surface area contributed by atoms with Crippen LogP contribution in [0.1, 0.15) is 13.3 Å². The lowest BCUT2D eigenvalue weighted by atomic mass is 10.1. The molecule has 4 nitrogen and oxygen atoms in total. The second kappa shape index (κ2) is 5.81. The Morgan fingerprint density at radius 2 is 2.16 bits per heavy atom. The van der Waals surface area contributed by atoms with Crippen molar-refractivity contribution in [3.05, 3.63) is 23.2 Å². The molecule has 0 aliphatic carbocycles. The third kappa shape index (κ3) is 4.19. The van der Waals surface area contributed by atoms with E-state index in [4.69, 9.17) is 11.6 Å². The number of benzene rings is 1. The summed E-state index contributed by atoms with van der Waals surface area (Å²) in [5.41, 5.74) is 1.29. The van der Waals surface area contributed by atoms with E-state index >= 15 is 0 Å². The fraction of sp³-hybridized carbons (Fsp3) is 0.500. The van der Waals surface area contributed by atoms with Gasteiger partial charge in [-0.1, -0.05) is 18.5 Å². The molecule has 1 aliphatic heterocycles. The Balaban J connectivity index is 2.17. The van der Waals surface area contributed by atoms with E-state index in [2.05, 4.69) is 17.0 Å². The molecule has 0 spiro atoms. The first-order chi connectivity index (χ1) is 8.85. The van der Waals surface area contributed by atoms with Crippen molar-refractivity contribution in [3.8, 4) is 0 Å². The Bertz CT molecular complexity index is 563. The lowest BCUT2D eigenvalue weighted by molar-refractivity contribution is 0.607. The molecule has 2 unspecified atom stereocenters. The van der Waals surface area contributed by atoms with Gasteiger partial charge in [0.15, 0.2) is 0 Å². The van der Waals surface area contributed by atoms with Crippen LogP contribution in [0.25, 0.3) is 0 Å². The summed E-state index contributed by atoms with van der Waals surface area (Å²) in [6.07, 6.45) is 2.22. The molecule has 1 aromatic carbocycles. The molecule has 1 fully saturated rings. The molecule has 1 aliphatic rings. The second-order valence-corrected chi connectivity index (χ2v) is 8.33. The quantitative estimate of drug-likeness (QED) is 0.895. The van der Waals surface area contributed by atoms with Gasteiger partial charge in [0.25, 0.3) is 0 Å². The largest absolute Gasteiger partial charge is 0.380 e. The van der Waals surface area contributed by atoms with E-state index in [9.17, 15) is 8.42 Å². The Labute approximate surface area is 123 Å². The van der Waals surface area contributed by atoms with Crippen LogP contribution in [0.5, 0.6) is 0 Å². The average Bonchev–Trinajstić information content (AvgIpc) is 2.67. The van der Waals surface area contributed by atoms with E-state index in [0.29, 0.717) is 22.0 Å². The summed E-state index contributed by atoms with van der Waals surface area (Å²) in [6.45, 7) is 2.18. The van der Waals surface area contributed by atoms with Gasteiger partial charge >= 0.3 is 0 Å². The third-order valence-corrected chi connectivity index (χ3v) is 5.25. The van der Waals surface area contributed by atoms with Gasteiger partial charge in [0.05, 0.1) is 22.7 Å². The minimum Gasteiger partial charge on any atom is -0.380 e. The van der Waals surface area contributed by atoms with Crippen LogP contribution in [-0.2, 0) is 10.0 Å². The van der Waals surface area contributed by atoms with Crippen molar-refractivity contribution in [1.29, 1.82) is 0 Å². The van der Waals surface area contributed by atoms with Crippen LogP contribution >= 0.6 is 23.4 Å². The molecular weight excluding hydrogens is 304 g/mol. The Morgan fingerprint density at radius 3 is 2.74 bits per heavy atom. The van der Waals surface area contributed by atoms with Gasteiger partial charge in [0.2, 0.25) is 10.0 Å². The minimum absolute atomic E-state index is 0.371. The van der Waals surface area contributed by atoms with Crippen LogP contribution in [0.4, 0.5) is 11.4 Å². The van der Waals surface area contributed by atoms with Gasteiger partial charge in [-0.3, -0.25) is 4.72 Å². The summed E-state index contributed by atoms with van der Waals surface area (Å²) in [5, 5.41) is 4.53. The molecule has 1 saturated heterocycles. The lowest BCUT2D eigenvalue weighted by Gasteiger charge is -2.19. The van der Waals surface area contributed by atoms with Gasteiger partial charge in [0.1, 0.15) is 0 Å². The highest BCUT2D eigenvalue weighted by molar-refractivity contribution is 8.00. The van der Waals surface area contributed by atoms with Gasteiger partial charge in [0, 0.05) is 11.3 Å². The van der Waals surface area contributed by atoms with Crippen LogP contribution in [0.15, 0.2) is 18.2 Å².